The van der Waals surface area contributed by atoms with Crippen LogP contribution >= 0.6 is 11.3 Å². The second-order valence-corrected chi connectivity index (χ2v) is 10.4. The molecular weight excluding hydrogens is 328 g/mol. The number of carbonyl (C=O) groups excluding carboxylic acids is 1. The summed E-state index contributed by atoms with van der Waals surface area (Å²) in [4.78, 5) is 14.6. The summed E-state index contributed by atoms with van der Waals surface area (Å²) in [5.41, 5.74) is 1.83. The molecule has 1 amide bonds. The molecule has 0 saturated heterocycles. The molecule has 0 radical (unpaired) electrons. The molecule has 0 unspecified atom stereocenters. The number of nitrogens with one attached hydrogen (secondary N) is 1. The van der Waals surface area contributed by atoms with E-state index in [2.05, 4.69) is 18.3 Å². The lowest BCUT2D eigenvalue weighted by atomic mass is 9.49. The second kappa shape index (κ2) is 5.58. The highest BCUT2D eigenvalue weighted by molar-refractivity contribution is 7.16. The SMILES string of the molecule is C[C@H]1CCc2c(sc(NC(=O)C34CC5CC(CC(C5)C3)C4)c2C#N)C1. The topological polar surface area (TPSA) is 52.9 Å². The number of hydrogen-bond donors (Lipinski definition) is 1. The predicted molar refractivity (Wildman–Crippen MR) is 99.5 cm³/mol. The minimum atomic E-state index is -0.140. The smallest absolute Gasteiger partial charge is 0.231 e. The van der Waals surface area contributed by atoms with Crippen LogP contribution in [0.25, 0.3) is 0 Å². The van der Waals surface area contributed by atoms with E-state index in [1.54, 1.807) is 11.3 Å². The molecule has 4 fully saturated rings. The van der Waals surface area contributed by atoms with Gasteiger partial charge < -0.3 is 5.32 Å². The van der Waals surface area contributed by atoms with E-state index >= 15 is 0 Å². The summed E-state index contributed by atoms with van der Waals surface area (Å²) < 4.78 is 0. The van der Waals surface area contributed by atoms with E-state index in [0.717, 1.165) is 66.8 Å². The maximum Gasteiger partial charge on any atom is 0.231 e. The van der Waals surface area contributed by atoms with Crippen LogP contribution < -0.4 is 5.32 Å². The van der Waals surface area contributed by atoms with Gasteiger partial charge in [-0.1, -0.05) is 6.92 Å². The zero-order chi connectivity index (χ0) is 17.2. The van der Waals surface area contributed by atoms with Gasteiger partial charge in [-0.25, -0.2) is 0 Å². The van der Waals surface area contributed by atoms with Crippen molar-refractivity contribution in [3.63, 3.8) is 0 Å². The summed E-state index contributed by atoms with van der Waals surface area (Å²) in [6.07, 6.45) is 10.5. The Bertz CT molecular complexity index is 736. The quantitative estimate of drug-likeness (QED) is 0.821. The van der Waals surface area contributed by atoms with Crippen molar-refractivity contribution < 1.29 is 4.79 Å². The number of fused-ring (bicyclic) bond motifs is 1. The van der Waals surface area contributed by atoms with Crippen LogP contribution in [0.1, 0.15) is 67.9 Å². The van der Waals surface area contributed by atoms with Crippen molar-refractivity contribution in [1.82, 2.24) is 0 Å². The highest BCUT2D eigenvalue weighted by Crippen LogP contribution is 2.60. The van der Waals surface area contributed by atoms with Gasteiger partial charge in [-0.05, 0) is 87.0 Å². The third kappa shape index (κ3) is 2.46. The van der Waals surface area contributed by atoms with Crippen molar-refractivity contribution in [2.75, 3.05) is 5.32 Å². The first-order chi connectivity index (χ1) is 12.1. The Morgan fingerprint density at radius 3 is 2.44 bits per heavy atom. The van der Waals surface area contributed by atoms with Gasteiger partial charge in [0.2, 0.25) is 5.91 Å². The number of amides is 1. The van der Waals surface area contributed by atoms with Crippen LogP contribution in [-0.4, -0.2) is 5.91 Å². The van der Waals surface area contributed by atoms with E-state index in [1.807, 2.05) is 0 Å². The van der Waals surface area contributed by atoms with Gasteiger partial charge in [0, 0.05) is 4.88 Å². The number of nitrogens with zero attached hydrogens (tertiary/aromatic N) is 1. The molecule has 1 aromatic rings. The van der Waals surface area contributed by atoms with Crippen LogP contribution in [0.5, 0.6) is 0 Å². The first kappa shape index (κ1) is 15.9. The fourth-order valence-corrected chi connectivity index (χ4v) is 7.94. The molecule has 1 N–H and O–H groups in total. The van der Waals surface area contributed by atoms with Crippen LogP contribution in [0.2, 0.25) is 0 Å². The predicted octanol–water partition coefficient (Wildman–Crippen LogP) is 4.90. The normalized spacial score (nSPS) is 38.2. The summed E-state index contributed by atoms with van der Waals surface area (Å²) in [5.74, 6) is 3.21. The van der Waals surface area contributed by atoms with Gasteiger partial charge in [0.05, 0.1) is 11.0 Å². The molecule has 6 rings (SSSR count). The van der Waals surface area contributed by atoms with Crippen LogP contribution in [0, 0.1) is 40.4 Å². The zero-order valence-electron chi connectivity index (χ0n) is 14.9. The average Bonchev–Trinajstić information content (AvgIpc) is 2.89. The lowest BCUT2D eigenvalue weighted by molar-refractivity contribution is -0.140. The average molecular weight is 355 g/mol. The number of carbonyl (C=O) groups is 1. The van der Waals surface area contributed by atoms with Crippen LogP contribution in [0.3, 0.4) is 0 Å². The molecule has 1 heterocycles. The number of rotatable bonds is 2. The molecule has 0 aliphatic heterocycles. The zero-order valence-corrected chi connectivity index (χ0v) is 15.8. The minimum absolute atomic E-state index is 0.140. The van der Waals surface area contributed by atoms with Gasteiger partial charge in [-0.3, -0.25) is 4.79 Å². The lowest BCUT2D eigenvalue weighted by Gasteiger charge is -2.55. The van der Waals surface area contributed by atoms with Crippen LogP contribution in [-0.2, 0) is 17.6 Å². The van der Waals surface area contributed by atoms with E-state index in [0.29, 0.717) is 5.92 Å². The first-order valence-electron chi connectivity index (χ1n) is 9.92. The van der Waals surface area contributed by atoms with Crippen molar-refractivity contribution in [2.24, 2.45) is 29.1 Å². The molecule has 1 aromatic heterocycles. The fraction of sp³-hybridized carbons (Fsp3) is 0.714. The number of thiophene rings is 1. The molecule has 0 spiro atoms. The standard InChI is InChI=1S/C21H26N2OS/c1-12-2-3-16-17(11-22)19(25-18(16)4-12)23-20(24)21-8-13-5-14(9-21)7-15(6-13)10-21/h12-15H,2-10H2,1H3,(H,23,24)/t12-,13?,14?,15?,21?/m0/s1. The Balaban J connectivity index is 1.43. The lowest BCUT2D eigenvalue weighted by Crippen LogP contribution is -2.51. The van der Waals surface area contributed by atoms with Crippen molar-refractivity contribution in [1.29, 1.82) is 5.26 Å². The maximum absolute atomic E-state index is 13.3. The molecule has 5 aliphatic rings. The number of nitriles is 1. The van der Waals surface area contributed by atoms with Gasteiger partial charge in [0.15, 0.2) is 0 Å². The Morgan fingerprint density at radius 2 is 1.84 bits per heavy atom. The van der Waals surface area contributed by atoms with E-state index in [1.165, 1.54) is 29.7 Å². The van der Waals surface area contributed by atoms with Crippen LogP contribution in [0.4, 0.5) is 5.00 Å². The van der Waals surface area contributed by atoms with Crippen molar-refractivity contribution in [2.45, 2.75) is 64.7 Å². The summed E-state index contributed by atoms with van der Waals surface area (Å²) in [6.45, 7) is 2.28. The van der Waals surface area contributed by atoms with E-state index in [9.17, 15) is 10.1 Å². The van der Waals surface area contributed by atoms with Gasteiger partial charge in [-0.15, -0.1) is 11.3 Å². The molecule has 1 atom stereocenters. The highest BCUT2D eigenvalue weighted by Gasteiger charge is 2.54. The Kier molecular flexibility index (Phi) is 3.54. The molecule has 0 aromatic carbocycles. The number of anilines is 1. The number of hydrogen-bond acceptors (Lipinski definition) is 3. The van der Waals surface area contributed by atoms with Gasteiger partial charge in [0.1, 0.15) is 11.1 Å². The Morgan fingerprint density at radius 1 is 1.20 bits per heavy atom. The molecule has 5 aliphatic carbocycles. The molecule has 4 saturated carbocycles. The van der Waals surface area contributed by atoms with Crippen molar-refractivity contribution >= 4 is 22.2 Å². The molecule has 3 nitrogen and oxygen atoms in total. The third-order valence-corrected chi connectivity index (χ3v) is 8.54. The first-order valence-corrected chi connectivity index (χ1v) is 10.7. The Hall–Kier alpha value is -1.34. The van der Waals surface area contributed by atoms with E-state index in [4.69, 9.17) is 0 Å². The second-order valence-electron chi connectivity index (χ2n) is 9.32. The monoisotopic (exact) mass is 354 g/mol. The van der Waals surface area contributed by atoms with Crippen LogP contribution in [0.15, 0.2) is 0 Å². The minimum Gasteiger partial charge on any atom is -0.316 e. The molecule has 4 bridgehead atoms. The third-order valence-electron chi connectivity index (χ3n) is 7.37. The van der Waals surface area contributed by atoms with Gasteiger partial charge in [-0.2, -0.15) is 5.26 Å². The summed E-state index contributed by atoms with van der Waals surface area (Å²) in [7, 11) is 0. The summed E-state index contributed by atoms with van der Waals surface area (Å²) in [6, 6.07) is 2.39. The molecule has 25 heavy (non-hydrogen) atoms. The van der Waals surface area contributed by atoms with Crippen molar-refractivity contribution in [3.05, 3.63) is 16.0 Å². The van der Waals surface area contributed by atoms with E-state index in [-0.39, 0.29) is 11.3 Å². The largest absolute Gasteiger partial charge is 0.316 e. The van der Waals surface area contributed by atoms with Gasteiger partial charge in [0.25, 0.3) is 0 Å². The van der Waals surface area contributed by atoms with Crippen molar-refractivity contribution in [3.8, 4) is 6.07 Å². The fourth-order valence-electron chi connectivity index (χ4n) is 6.58. The molecular formula is C21H26N2OS. The molecule has 132 valence electrons. The summed E-state index contributed by atoms with van der Waals surface area (Å²) >= 11 is 1.67. The Labute approximate surface area is 153 Å². The summed E-state index contributed by atoms with van der Waals surface area (Å²) in [5, 5.41) is 13.8. The van der Waals surface area contributed by atoms with Gasteiger partial charge >= 0.3 is 0 Å². The maximum atomic E-state index is 13.3. The molecule has 4 heteroatoms. The highest BCUT2D eigenvalue weighted by atomic mass is 32.1. The van der Waals surface area contributed by atoms with E-state index < -0.39 is 0 Å².